The molecule has 1 aliphatic rings. The van der Waals surface area contributed by atoms with E-state index in [1.54, 1.807) is 11.1 Å². The SMILES string of the molecule is Cc1cc2nc(N[C@@H](C)c3cncc(F)c3)nc(C(=O)N3CCC(NC(=O)OCc4ccccc4)C3)c2s1. The Labute approximate surface area is 223 Å². The monoisotopic (exact) mass is 534 g/mol. The number of hydrogen-bond donors (Lipinski definition) is 2. The third-order valence-corrected chi connectivity index (χ3v) is 7.33. The summed E-state index contributed by atoms with van der Waals surface area (Å²) < 4.78 is 19.7. The van der Waals surface area contributed by atoms with Gasteiger partial charge in [0.25, 0.3) is 5.91 Å². The maximum absolute atomic E-state index is 13.6. The van der Waals surface area contributed by atoms with Crippen LogP contribution in [0.5, 0.6) is 0 Å². The Morgan fingerprint density at radius 3 is 2.82 bits per heavy atom. The molecule has 1 saturated heterocycles. The van der Waals surface area contributed by atoms with Gasteiger partial charge < -0.3 is 20.3 Å². The lowest BCUT2D eigenvalue weighted by atomic mass is 10.1. The first-order valence-corrected chi connectivity index (χ1v) is 13.1. The van der Waals surface area contributed by atoms with Gasteiger partial charge in [-0.3, -0.25) is 9.78 Å². The molecule has 1 unspecified atom stereocenters. The number of rotatable bonds is 7. The van der Waals surface area contributed by atoms with Crippen molar-refractivity contribution in [1.82, 2.24) is 25.2 Å². The number of hydrogen-bond acceptors (Lipinski definition) is 8. The van der Waals surface area contributed by atoms with E-state index in [2.05, 4.69) is 25.6 Å². The largest absolute Gasteiger partial charge is 0.445 e. The van der Waals surface area contributed by atoms with Crippen LogP contribution < -0.4 is 10.6 Å². The van der Waals surface area contributed by atoms with Crippen LogP contribution in [0.2, 0.25) is 0 Å². The van der Waals surface area contributed by atoms with Gasteiger partial charge in [0.1, 0.15) is 12.4 Å². The molecule has 0 spiro atoms. The molecule has 3 aromatic heterocycles. The van der Waals surface area contributed by atoms with Gasteiger partial charge in [-0.2, -0.15) is 0 Å². The number of nitrogens with zero attached hydrogens (tertiary/aromatic N) is 4. The van der Waals surface area contributed by atoms with Gasteiger partial charge in [-0.15, -0.1) is 11.3 Å². The van der Waals surface area contributed by atoms with Crippen LogP contribution in [0.25, 0.3) is 10.2 Å². The molecule has 38 heavy (non-hydrogen) atoms. The van der Waals surface area contributed by atoms with Crippen molar-refractivity contribution in [3.8, 4) is 0 Å². The molecule has 2 N–H and O–H groups in total. The first-order valence-electron chi connectivity index (χ1n) is 12.3. The van der Waals surface area contributed by atoms with Crippen LogP contribution in [-0.2, 0) is 11.3 Å². The number of likely N-dealkylation sites (tertiary alicyclic amines) is 1. The standard InChI is InChI=1S/C27H27FN6O3S/c1-16-10-22-24(38-16)23(33-26(32-22)30-17(2)19-11-20(28)13-29-12-19)25(35)34-9-8-21(14-34)31-27(36)37-15-18-6-4-3-5-7-18/h3-7,10-13,17,21H,8-9,14-15H2,1-2H3,(H,31,36)(H,30,32,33)/t17-,21?/m0/s1. The van der Waals surface area contributed by atoms with Gasteiger partial charge in [0.05, 0.1) is 28.5 Å². The summed E-state index contributed by atoms with van der Waals surface area (Å²) in [5.74, 6) is -0.393. The number of ether oxygens (including phenoxy) is 1. The van der Waals surface area contributed by atoms with Crippen molar-refractivity contribution in [2.45, 2.75) is 39.0 Å². The lowest BCUT2D eigenvalue weighted by Gasteiger charge is -2.18. The molecular formula is C27H27FN6O3S. The molecule has 0 saturated carbocycles. The van der Waals surface area contributed by atoms with Gasteiger partial charge in [-0.25, -0.2) is 19.2 Å². The van der Waals surface area contributed by atoms with E-state index in [9.17, 15) is 14.0 Å². The van der Waals surface area contributed by atoms with Crippen LogP contribution >= 0.6 is 11.3 Å². The molecule has 0 aliphatic carbocycles. The zero-order valence-corrected chi connectivity index (χ0v) is 21.8. The van der Waals surface area contributed by atoms with E-state index in [1.807, 2.05) is 50.2 Å². The second-order valence-corrected chi connectivity index (χ2v) is 10.5. The van der Waals surface area contributed by atoms with Crippen molar-refractivity contribution in [2.75, 3.05) is 18.4 Å². The zero-order valence-electron chi connectivity index (χ0n) is 21.0. The maximum atomic E-state index is 13.6. The summed E-state index contributed by atoms with van der Waals surface area (Å²) in [6.07, 6.45) is 2.81. The van der Waals surface area contributed by atoms with Gasteiger partial charge in [0.15, 0.2) is 5.69 Å². The van der Waals surface area contributed by atoms with Crippen molar-refractivity contribution < 1.29 is 18.7 Å². The summed E-state index contributed by atoms with van der Waals surface area (Å²) >= 11 is 1.46. The topological polar surface area (TPSA) is 109 Å². The predicted molar refractivity (Wildman–Crippen MR) is 142 cm³/mol. The number of carbonyl (C=O) groups excluding carboxylic acids is 2. The van der Waals surface area contributed by atoms with Crippen molar-refractivity contribution in [3.05, 3.63) is 82.4 Å². The third kappa shape index (κ3) is 5.88. The minimum Gasteiger partial charge on any atom is -0.445 e. The van der Waals surface area contributed by atoms with Crippen LogP contribution in [0.15, 0.2) is 54.9 Å². The van der Waals surface area contributed by atoms with Gasteiger partial charge >= 0.3 is 6.09 Å². The fourth-order valence-corrected chi connectivity index (χ4v) is 5.28. The smallest absolute Gasteiger partial charge is 0.407 e. The van der Waals surface area contributed by atoms with Gasteiger partial charge in [-0.05, 0) is 43.5 Å². The highest BCUT2D eigenvalue weighted by atomic mass is 32.1. The average Bonchev–Trinajstić information content (AvgIpc) is 3.53. The Hall–Kier alpha value is -4.12. The van der Waals surface area contributed by atoms with Crippen LogP contribution in [-0.4, -0.2) is 51.0 Å². The first kappa shape index (κ1) is 25.5. The predicted octanol–water partition coefficient (Wildman–Crippen LogP) is 4.85. The minimum absolute atomic E-state index is 0.179. The Bertz CT molecular complexity index is 1460. The fraction of sp³-hybridized carbons (Fsp3) is 0.296. The second-order valence-electron chi connectivity index (χ2n) is 9.21. The number of amides is 2. The van der Waals surface area contributed by atoms with Crippen molar-refractivity contribution in [2.24, 2.45) is 0 Å². The molecule has 9 nitrogen and oxygen atoms in total. The number of fused-ring (bicyclic) bond motifs is 1. The molecule has 196 valence electrons. The molecule has 2 amide bonds. The number of nitrogens with one attached hydrogen (secondary N) is 2. The number of aryl methyl sites for hydroxylation is 1. The molecular weight excluding hydrogens is 507 g/mol. The first-order chi connectivity index (χ1) is 18.4. The summed E-state index contributed by atoms with van der Waals surface area (Å²) in [6.45, 7) is 4.80. The molecule has 2 atom stereocenters. The van der Waals surface area contributed by atoms with E-state index >= 15 is 0 Å². The molecule has 4 aromatic rings. The van der Waals surface area contributed by atoms with Gasteiger partial charge in [0, 0.05) is 24.2 Å². The van der Waals surface area contributed by atoms with Crippen LogP contribution in [0.3, 0.4) is 0 Å². The number of alkyl carbamates (subject to hydrolysis) is 1. The number of pyridine rings is 1. The molecule has 4 heterocycles. The van der Waals surface area contributed by atoms with Crippen molar-refractivity contribution in [1.29, 1.82) is 0 Å². The van der Waals surface area contributed by atoms with Gasteiger partial charge in [0.2, 0.25) is 5.95 Å². The molecule has 1 aliphatic heterocycles. The summed E-state index contributed by atoms with van der Waals surface area (Å²) in [4.78, 5) is 41.6. The number of thiophene rings is 1. The maximum Gasteiger partial charge on any atom is 0.407 e. The van der Waals surface area contributed by atoms with E-state index in [0.29, 0.717) is 41.0 Å². The molecule has 11 heteroatoms. The average molecular weight is 535 g/mol. The Kier molecular flexibility index (Phi) is 7.45. The summed E-state index contributed by atoms with van der Waals surface area (Å²) in [6, 6.07) is 12.2. The summed E-state index contributed by atoms with van der Waals surface area (Å²) in [5, 5.41) is 6.02. The number of halogens is 1. The Morgan fingerprint density at radius 2 is 2.03 bits per heavy atom. The van der Waals surface area contributed by atoms with Crippen LogP contribution in [0, 0.1) is 12.7 Å². The fourth-order valence-electron chi connectivity index (χ4n) is 4.34. The zero-order chi connectivity index (χ0) is 26.6. The third-order valence-electron chi connectivity index (χ3n) is 6.28. The molecule has 0 radical (unpaired) electrons. The molecule has 1 fully saturated rings. The summed E-state index contributed by atoms with van der Waals surface area (Å²) in [5.41, 5.74) is 2.50. The quantitative estimate of drug-likeness (QED) is 0.349. The van der Waals surface area contributed by atoms with E-state index in [0.717, 1.165) is 16.6 Å². The molecule has 0 bridgehead atoms. The van der Waals surface area contributed by atoms with Crippen LogP contribution in [0.4, 0.5) is 15.1 Å². The van der Waals surface area contributed by atoms with Crippen LogP contribution in [0.1, 0.15) is 45.9 Å². The highest BCUT2D eigenvalue weighted by Gasteiger charge is 2.31. The Balaban J connectivity index is 1.27. The van der Waals surface area contributed by atoms with E-state index < -0.39 is 11.9 Å². The highest BCUT2D eigenvalue weighted by Crippen LogP contribution is 2.30. The molecule has 1 aromatic carbocycles. The number of anilines is 1. The Morgan fingerprint density at radius 1 is 1.21 bits per heavy atom. The second kappa shape index (κ2) is 11.1. The highest BCUT2D eigenvalue weighted by molar-refractivity contribution is 7.19. The van der Waals surface area contributed by atoms with Crippen molar-refractivity contribution >= 4 is 39.5 Å². The normalized spacial score (nSPS) is 15.9. The summed E-state index contributed by atoms with van der Waals surface area (Å²) in [7, 11) is 0. The lowest BCUT2D eigenvalue weighted by Crippen LogP contribution is -2.39. The number of carbonyl (C=O) groups is 2. The number of benzene rings is 1. The van der Waals surface area contributed by atoms with E-state index in [-0.39, 0.29) is 30.5 Å². The number of aromatic nitrogens is 3. The lowest BCUT2D eigenvalue weighted by molar-refractivity contribution is 0.0783. The van der Waals surface area contributed by atoms with Crippen molar-refractivity contribution in [3.63, 3.8) is 0 Å². The van der Waals surface area contributed by atoms with Gasteiger partial charge in [-0.1, -0.05) is 30.3 Å². The van der Waals surface area contributed by atoms with E-state index in [1.165, 1.54) is 17.4 Å². The van der Waals surface area contributed by atoms with E-state index in [4.69, 9.17) is 4.74 Å². The molecule has 5 rings (SSSR count). The minimum atomic E-state index is -0.515.